The lowest BCUT2D eigenvalue weighted by atomic mass is 10.0. The molecular weight excluding hydrogens is 278 g/mol. The first kappa shape index (κ1) is 12.7. The van der Waals surface area contributed by atoms with Gasteiger partial charge in [-0.15, -0.1) is 11.3 Å². The Labute approximate surface area is 120 Å². The Morgan fingerprint density at radius 1 is 1.37 bits per heavy atom. The van der Waals surface area contributed by atoms with Crippen LogP contribution in [0.5, 0.6) is 0 Å². The van der Waals surface area contributed by atoms with Gasteiger partial charge in [0, 0.05) is 29.1 Å². The summed E-state index contributed by atoms with van der Waals surface area (Å²) in [5.41, 5.74) is 2.36. The summed E-state index contributed by atoms with van der Waals surface area (Å²) in [6.07, 6.45) is 4.82. The van der Waals surface area contributed by atoms with Gasteiger partial charge in [0.15, 0.2) is 0 Å². The maximum Gasteiger partial charge on any atom is 0.0931 e. The highest BCUT2D eigenvalue weighted by atomic mass is 35.5. The quantitative estimate of drug-likeness (QED) is 0.796. The number of nitrogens with zero attached hydrogens (tertiary/aromatic N) is 2. The van der Waals surface area contributed by atoms with Crippen LogP contribution in [0.25, 0.3) is 5.52 Å². The smallest absolute Gasteiger partial charge is 0.0931 e. The molecule has 0 aliphatic heterocycles. The molecule has 3 nitrogen and oxygen atoms in total. The second-order valence-electron chi connectivity index (χ2n) is 4.38. The highest BCUT2D eigenvalue weighted by Gasteiger charge is 2.16. The third-order valence-corrected chi connectivity index (χ3v) is 4.47. The van der Waals surface area contributed by atoms with Crippen LogP contribution in [0.1, 0.15) is 16.5 Å². The minimum Gasteiger partial charge on any atom is -0.313 e. The molecule has 5 heteroatoms. The Morgan fingerprint density at radius 2 is 2.26 bits per heavy atom. The molecule has 1 atom stereocenters. The number of nitrogens with one attached hydrogen (secondary N) is 1. The van der Waals surface area contributed by atoms with E-state index in [-0.39, 0.29) is 6.04 Å². The predicted molar refractivity (Wildman–Crippen MR) is 80.0 cm³/mol. The maximum absolute atomic E-state index is 5.99. The minimum atomic E-state index is 0.245. The molecule has 0 saturated heterocycles. The van der Waals surface area contributed by atoms with Crippen molar-refractivity contribution in [3.63, 3.8) is 0 Å². The van der Waals surface area contributed by atoms with Crippen molar-refractivity contribution >= 4 is 28.5 Å². The first-order chi connectivity index (χ1) is 9.28. The van der Waals surface area contributed by atoms with Gasteiger partial charge in [-0.3, -0.25) is 0 Å². The van der Waals surface area contributed by atoms with E-state index in [0.717, 1.165) is 16.3 Å². The topological polar surface area (TPSA) is 29.3 Å². The normalized spacial score (nSPS) is 12.9. The van der Waals surface area contributed by atoms with Gasteiger partial charge in [0.05, 0.1) is 16.0 Å². The van der Waals surface area contributed by atoms with Crippen LogP contribution < -0.4 is 5.32 Å². The molecule has 0 aromatic carbocycles. The summed E-state index contributed by atoms with van der Waals surface area (Å²) in [4.78, 5) is 1.28. The first-order valence-electron chi connectivity index (χ1n) is 6.11. The summed E-state index contributed by atoms with van der Waals surface area (Å²) in [5.74, 6) is 0. The second kappa shape index (κ2) is 5.33. The van der Waals surface area contributed by atoms with Crippen LogP contribution in [-0.4, -0.2) is 16.7 Å². The van der Waals surface area contributed by atoms with Crippen LogP contribution in [0, 0.1) is 0 Å². The monoisotopic (exact) mass is 291 g/mol. The molecule has 1 unspecified atom stereocenters. The average molecular weight is 292 g/mol. The summed E-state index contributed by atoms with van der Waals surface area (Å²) < 4.78 is 2.74. The fraction of sp³-hybridized carbons (Fsp3) is 0.214. The molecule has 0 spiro atoms. The number of pyridine rings is 1. The van der Waals surface area contributed by atoms with E-state index in [1.807, 2.05) is 42.2 Å². The molecule has 0 saturated carbocycles. The van der Waals surface area contributed by atoms with Crippen LogP contribution in [0.3, 0.4) is 0 Å². The van der Waals surface area contributed by atoms with Crippen LogP contribution in [-0.2, 0) is 6.42 Å². The van der Waals surface area contributed by atoms with E-state index in [4.69, 9.17) is 11.6 Å². The Hall–Kier alpha value is -1.36. The molecule has 0 fully saturated rings. The number of hydrogen-bond donors (Lipinski definition) is 1. The van der Waals surface area contributed by atoms with Crippen molar-refractivity contribution in [3.8, 4) is 0 Å². The Kier molecular flexibility index (Phi) is 3.55. The summed E-state index contributed by atoms with van der Waals surface area (Å²) in [6, 6.07) is 10.4. The van der Waals surface area contributed by atoms with Gasteiger partial charge in [-0.1, -0.05) is 17.7 Å². The van der Waals surface area contributed by atoms with Crippen molar-refractivity contribution in [3.05, 3.63) is 57.5 Å². The standard InChI is InChI=1S/C14H14ClN3S/c1-16-12(8-10-5-6-14(15)19-10)11-9-17-18-7-3-2-4-13(11)18/h2-7,9,12,16H,8H2,1H3. The predicted octanol–water partition coefficient (Wildman–Crippen LogP) is 3.55. The third-order valence-electron chi connectivity index (χ3n) is 3.21. The van der Waals surface area contributed by atoms with Gasteiger partial charge in [0.25, 0.3) is 0 Å². The number of halogens is 1. The maximum atomic E-state index is 5.99. The zero-order valence-electron chi connectivity index (χ0n) is 10.5. The summed E-state index contributed by atoms with van der Waals surface area (Å²) in [5, 5.41) is 7.75. The summed E-state index contributed by atoms with van der Waals surface area (Å²) in [6.45, 7) is 0. The number of aromatic nitrogens is 2. The zero-order valence-corrected chi connectivity index (χ0v) is 12.1. The number of fused-ring (bicyclic) bond motifs is 1. The van der Waals surface area contributed by atoms with Crippen molar-refractivity contribution in [1.29, 1.82) is 0 Å². The second-order valence-corrected chi connectivity index (χ2v) is 6.18. The van der Waals surface area contributed by atoms with Gasteiger partial charge in [-0.25, -0.2) is 4.52 Å². The van der Waals surface area contributed by atoms with E-state index in [1.165, 1.54) is 10.4 Å². The van der Waals surface area contributed by atoms with Crippen LogP contribution in [0.4, 0.5) is 0 Å². The Morgan fingerprint density at radius 3 is 3.00 bits per heavy atom. The molecule has 3 rings (SSSR count). The van der Waals surface area contributed by atoms with Crippen LogP contribution in [0.15, 0.2) is 42.7 Å². The lowest BCUT2D eigenvalue weighted by Crippen LogP contribution is -2.18. The lowest BCUT2D eigenvalue weighted by molar-refractivity contribution is 0.600. The van der Waals surface area contributed by atoms with Crippen molar-refractivity contribution in [2.45, 2.75) is 12.5 Å². The van der Waals surface area contributed by atoms with Crippen LogP contribution in [0.2, 0.25) is 4.34 Å². The van der Waals surface area contributed by atoms with Gasteiger partial charge in [-0.2, -0.15) is 5.10 Å². The molecule has 0 radical (unpaired) electrons. The fourth-order valence-corrected chi connectivity index (χ4v) is 3.39. The molecule has 0 aliphatic rings. The molecule has 3 aromatic rings. The molecule has 3 aromatic heterocycles. The molecule has 19 heavy (non-hydrogen) atoms. The van der Waals surface area contributed by atoms with Crippen molar-refractivity contribution in [1.82, 2.24) is 14.9 Å². The number of thiophene rings is 1. The highest BCUT2D eigenvalue weighted by molar-refractivity contribution is 7.16. The van der Waals surface area contributed by atoms with Gasteiger partial charge >= 0.3 is 0 Å². The van der Waals surface area contributed by atoms with E-state index in [0.29, 0.717) is 0 Å². The largest absolute Gasteiger partial charge is 0.313 e. The molecule has 98 valence electrons. The molecular formula is C14H14ClN3S. The van der Waals surface area contributed by atoms with E-state index < -0.39 is 0 Å². The fourth-order valence-electron chi connectivity index (χ4n) is 2.25. The lowest BCUT2D eigenvalue weighted by Gasteiger charge is -2.14. The molecule has 1 N–H and O–H groups in total. The van der Waals surface area contributed by atoms with Crippen molar-refractivity contribution in [2.24, 2.45) is 0 Å². The Bertz CT molecular complexity index is 689. The van der Waals surface area contributed by atoms with E-state index in [2.05, 4.69) is 22.5 Å². The van der Waals surface area contributed by atoms with Crippen molar-refractivity contribution < 1.29 is 0 Å². The average Bonchev–Trinajstić information content (AvgIpc) is 3.02. The van der Waals surface area contributed by atoms with E-state index in [1.54, 1.807) is 11.3 Å². The van der Waals surface area contributed by atoms with Crippen LogP contribution >= 0.6 is 22.9 Å². The van der Waals surface area contributed by atoms with Gasteiger partial charge in [0.1, 0.15) is 0 Å². The van der Waals surface area contributed by atoms with Gasteiger partial charge in [-0.05, 0) is 31.3 Å². The summed E-state index contributed by atoms with van der Waals surface area (Å²) >= 11 is 7.62. The van der Waals surface area contributed by atoms with E-state index in [9.17, 15) is 0 Å². The number of likely N-dealkylation sites (N-methyl/N-ethyl adjacent to an activating group) is 1. The van der Waals surface area contributed by atoms with Gasteiger partial charge in [0.2, 0.25) is 0 Å². The first-order valence-corrected chi connectivity index (χ1v) is 7.31. The van der Waals surface area contributed by atoms with E-state index >= 15 is 0 Å². The SMILES string of the molecule is CNC(Cc1ccc(Cl)s1)c1cnn2ccccc12. The molecule has 0 bridgehead atoms. The van der Waals surface area contributed by atoms with Crippen molar-refractivity contribution in [2.75, 3.05) is 7.05 Å². The summed E-state index contributed by atoms with van der Waals surface area (Å²) in [7, 11) is 1.98. The third kappa shape index (κ3) is 2.52. The Balaban J connectivity index is 1.93. The molecule has 0 aliphatic carbocycles. The molecule has 3 heterocycles. The van der Waals surface area contributed by atoms with Gasteiger partial charge < -0.3 is 5.32 Å². The minimum absolute atomic E-state index is 0.245. The number of rotatable bonds is 4. The zero-order chi connectivity index (χ0) is 13.2. The number of hydrogen-bond acceptors (Lipinski definition) is 3. The molecule has 0 amide bonds. The highest BCUT2D eigenvalue weighted by Crippen LogP contribution is 2.28.